The molecule has 5 rings (SSSR count). The summed E-state index contributed by atoms with van der Waals surface area (Å²) in [6, 6.07) is 14.0. The minimum absolute atomic E-state index is 0.194. The van der Waals surface area contributed by atoms with Crippen LogP contribution in [0, 0.1) is 0 Å². The number of nitrogens with zero attached hydrogens (tertiary/aromatic N) is 3. The van der Waals surface area contributed by atoms with Gasteiger partial charge in [0, 0.05) is 33.6 Å². The number of urea groups is 1. The lowest BCUT2D eigenvalue weighted by Gasteiger charge is -2.12. The van der Waals surface area contributed by atoms with Crippen molar-refractivity contribution in [2.45, 2.75) is 31.7 Å². The molecule has 0 aliphatic heterocycles. The summed E-state index contributed by atoms with van der Waals surface area (Å²) >= 11 is 3.37. The van der Waals surface area contributed by atoms with Crippen molar-refractivity contribution < 1.29 is 9.59 Å². The third-order valence-corrected chi connectivity index (χ3v) is 6.61. The number of nitrogens with one attached hydrogen (secondary N) is 2. The van der Waals surface area contributed by atoms with Crippen LogP contribution in [0.3, 0.4) is 0 Å². The van der Waals surface area contributed by atoms with Crippen molar-refractivity contribution in [2.75, 3.05) is 16.4 Å². The van der Waals surface area contributed by atoms with Crippen molar-refractivity contribution in [3.05, 3.63) is 76.7 Å². The molecular weight excluding hydrogens is 496 g/mol. The Balaban J connectivity index is 1.42. The van der Waals surface area contributed by atoms with Gasteiger partial charge in [-0.05, 0) is 49.2 Å². The fraction of sp³-hybridized carbons (Fsp3) is 0.200. The van der Waals surface area contributed by atoms with Crippen molar-refractivity contribution in [1.29, 1.82) is 0 Å². The second kappa shape index (κ2) is 9.26. The Hall–Kier alpha value is -3.72. The molecule has 1 aliphatic carbocycles. The molecule has 4 N–H and O–H groups in total. The average molecular weight is 519 g/mol. The summed E-state index contributed by atoms with van der Waals surface area (Å²) in [7, 11) is 0. The lowest BCUT2D eigenvalue weighted by molar-refractivity contribution is 0.104. The maximum Gasteiger partial charge on any atom is 0.323 e. The van der Waals surface area contributed by atoms with Crippen LogP contribution in [0.25, 0.3) is 11.0 Å². The number of carbonyl (C=O) groups is 2. The second-order valence-corrected chi connectivity index (χ2v) is 9.26. The van der Waals surface area contributed by atoms with Crippen molar-refractivity contribution in [3.8, 4) is 0 Å². The maximum atomic E-state index is 13.5. The summed E-state index contributed by atoms with van der Waals surface area (Å²) in [5.74, 6) is 0.0912. The predicted octanol–water partition coefficient (Wildman–Crippen LogP) is 5.77. The van der Waals surface area contributed by atoms with Crippen molar-refractivity contribution >= 4 is 56.0 Å². The molecule has 0 radical (unpaired) electrons. The monoisotopic (exact) mass is 518 g/mol. The highest BCUT2D eigenvalue weighted by Crippen LogP contribution is 2.35. The Morgan fingerprint density at radius 1 is 1.00 bits per heavy atom. The van der Waals surface area contributed by atoms with E-state index in [1.54, 1.807) is 36.4 Å². The van der Waals surface area contributed by atoms with E-state index in [2.05, 4.69) is 41.1 Å². The van der Waals surface area contributed by atoms with Crippen molar-refractivity contribution in [1.82, 2.24) is 14.5 Å². The molecule has 4 aromatic rings. The van der Waals surface area contributed by atoms with E-state index in [9.17, 15) is 9.59 Å². The largest absolute Gasteiger partial charge is 0.383 e. The van der Waals surface area contributed by atoms with E-state index in [-0.39, 0.29) is 11.6 Å². The molecule has 1 saturated carbocycles. The molecule has 0 spiro atoms. The van der Waals surface area contributed by atoms with E-state index in [4.69, 9.17) is 5.73 Å². The third-order valence-electron chi connectivity index (χ3n) is 6.09. The van der Waals surface area contributed by atoms with Gasteiger partial charge in [0.15, 0.2) is 5.78 Å². The van der Waals surface area contributed by atoms with Crippen molar-refractivity contribution in [3.63, 3.8) is 0 Å². The Bertz CT molecular complexity index is 1380. The number of nitrogen functional groups attached to an aromatic ring is 1. The number of carbonyl (C=O) groups excluding carboxylic acids is 2. The molecule has 2 aromatic carbocycles. The number of halogens is 1. The number of ketones is 1. The topological polar surface area (TPSA) is 115 Å². The van der Waals surface area contributed by atoms with Crippen LogP contribution in [-0.2, 0) is 0 Å². The highest BCUT2D eigenvalue weighted by Gasteiger charge is 2.25. The number of fused-ring (bicyclic) bond motifs is 1. The Morgan fingerprint density at radius 3 is 2.50 bits per heavy atom. The molecule has 8 nitrogen and oxygen atoms in total. The average Bonchev–Trinajstić information content (AvgIpc) is 3.49. The molecule has 9 heteroatoms. The summed E-state index contributed by atoms with van der Waals surface area (Å²) < 4.78 is 2.99. The predicted molar refractivity (Wildman–Crippen MR) is 136 cm³/mol. The quantitative estimate of drug-likeness (QED) is 0.290. The zero-order valence-corrected chi connectivity index (χ0v) is 19.9. The highest BCUT2D eigenvalue weighted by atomic mass is 79.9. The number of hydrogen-bond acceptors (Lipinski definition) is 5. The summed E-state index contributed by atoms with van der Waals surface area (Å²) in [5.41, 5.74) is 8.93. The van der Waals surface area contributed by atoms with E-state index in [1.165, 1.54) is 6.33 Å². The highest BCUT2D eigenvalue weighted by molar-refractivity contribution is 9.10. The molecule has 2 amide bonds. The van der Waals surface area contributed by atoms with E-state index in [1.807, 2.05) is 18.3 Å². The minimum atomic E-state index is -0.401. The first-order valence-corrected chi connectivity index (χ1v) is 11.9. The molecule has 0 atom stereocenters. The van der Waals surface area contributed by atoms with E-state index >= 15 is 0 Å². The number of aromatic nitrogens is 3. The fourth-order valence-electron chi connectivity index (χ4n) is 4.46. The summed E-state index contributed by atoms with van der Waals surface area (Å²) in [5, 5.41) is 6.13. The van der Waals surface area contributed by atoms with Gasteiger partial charge in [-0.15, -0.1) is 0 Å². The number of nitrogens with two attached hydrogens (primary N) is 1. The van der Waals surface area contributed by atoms with Crippen LogP contribution in [0.1, 0.15) is 47.6 Å². The number of rotatable bonds is 5. The molecular formula is C25H23BrN6O2. The van der Waals surface area contributed by atoms with Crippen LogP contribution in [0.2, 0.25) is 0 Å². The zero-order chi connectivity index (χ0) is 23.7. The van der Waals surface area contributed by atoms with Crippen LogP contribution >= 0.6 is 15.9 Å². The number of anilines is 3. The van der Waals surface area contributed by atoms with Gasteiger partial charge in [-0.1, -0.05) is 40.9 Å². The number of hydrogen-bond donors (Lipinski definition) is 3. The molecule has 1 aliphatic rings. The minimum Gasteiger partial charge on any atom is -0.383 e. The van der Waals surface area contributed by atoms with E-state index < -0.39 is 6.03 Å². The van der Waals surface area contributed by atoms with E-state index in [0.29, 0.717) is 39.6 Å². The molecule has 1 fully saturated rings. The van der Waals surface area contributed by atoms with Gasteiger partial charge in [0.25, 0.3) is 0 Å². The van der Waals surface area contributed by atoms with Gasteiger partial charge in [-0.3, -0.25) is 4.79 Å². The standard InChI is InChI=1S/C25H23BrN6O2/c26-16-8-10-17(11-9-16)30-25(34)31-18-5-3-4-15(12-18)22(33)20-13-32(19-6-1-2-7-19)24-21(20)23(27)28-14-29-24/h3-5,8-14,19H,1-2,6-7H2,(H2,27,28,29)(H2,30,31,34). The van der Waals surface area contributed by atoms with Crippen LogP contribution in [-0.4, -0.2) is 26.3 Å². The Kier molecular flexibility index (Phi) is 6.02. The molecule has 2 heterocycles. The number of amides is 2. The van der Waals surface area contributed by atoms with Crippen LogP contribution in [0.4, 0.5) is 22.0 Å². The Labute approximate surface area is 204 Å². The molecule has 34 heavy (non-hydrogen) atoms. The SMILES string of the molecule is Nc1ncnc2c1c(C(=O)c1cccc(NC(=O)Nc3ccc(Br)cc3)c1)cn2C1CCCC1. The fourth-order valence-corrected chi connectivity index (χ4v) is 4.73. The smallest absolute Gasteiger partial charge is 0.323 e. The number of benzene rings is 2. The van der Waals surface area contributed by atoms with Gasteiger partial charge in [-0.25, -0.2) is 14.8 Å². The van der Waals surface area contributed by atoms with Gasteiger partial charge in [0.1, 0.15) is 17.8 Å². The van der Waals surface area contributed by atoms with Gasteiger partial charge < -0.3 is 20.9 Å². The second-order valence-electron chi connectivity index (χ2n) is 8.34. The first kappa shape index (κ1) is 22.1. The lowest BCUT2D eigenvalue weighted by atomic mass is 10.0. The molecule has 0 saturated heterocycles. The molecule has 0 unspecified atom stereocenters. The first-order chi connectivity index (χ1) is 16.5. The zero-order valence-electron chi connectivity index (χ0n) is 18.3. The summed E-state index contributed by atoms with van der Waals surface area (Å²) in [6.45, 7) is 0. The van der Waals surface area contributed by atoms with Gasteiger partial charge in [0.2, 0.25) is 0 Å². The Morgan fingerprint density at radius 2 is 1.74 bits per heavy atom. The van der Waals surface area contributed by atoms with Gasteiger partial charge in [-0.2, -0.15) is 0 Å². The summed E-state index contributed by atoms with van der Waals surface area (Å²) in [6.07, 6.45) is 7.71. The molecule has 0 bridgehead atoms. The molecule has 2 aromatic heterocycles. The lowest BCUT2D eigenvalue weighted by Crippen LogP contribution is -2.19. The maximum absolute atomic E-state index is 13.5. The van der Waals surface area contributed by atoms with Crippen LogP contribution < -0.4 is 16.4 Å². The van der Waals surface area contributed by atoms with E-state index in [0.717, 1.165) is 30.2 Å². The van der Waals surface area contributed by atoms with Crippen LogP contribution in [0.15, 0.2) is 65.5 Å². The van der Waals surface area contributed by atoms with Gasteiger partial charge >= 0.3 is 6.03 Å². The summed E-state index contributed by atoms with van der Waals surface area (Å²) in [4.78, 5) is 34.5. The van der Waals surface area contributed by atoms with Gasteiger partial charge in [0.05, 0.1) is 10.9 Å². The third kappa shape index (κ3) is 4.38. The first-order valence-electron chi connectivity index (χ1n) is 11.1. The normalized spacial score (nSPS) is 13.8. The van der Waals surface area contributed by atoms with Crippen LogP contribution in [0.5, 0.6) is 0 Å². The van der Waals surface area contributed by atoms with Crippen molar-refractivity contribution in [2.24, 2.45) is 0 Å². The molecule has 172 valence electrons.